The number of aromatic amines is 1. The van der Waals surface area contributed by atoms with Crippen LogP contribution >= 0.6 is 0 Å². The number of imidazole rings is 1. The van der Waals surface area contributed by atoms with Crippen molar-refractivity contribution in [3.63, 3.8) is 0 Å². The molecule has 0 aliphatic heterocycles. The van der Waals surface area contributed by atoms with Crippen LogP contribution in [0, 0.1) is 5.41 Å². The Bertz CT molecular complexity index is 614. The number of alkyl halides is 3. The number of nitrogens with zero attached hydrogens (tertiary/aromatic N) is 1. The van der Waals surface area contributed by atoms with Crippen LogP contribution in [0.3, 0.4) is 0 Å². The maximum atomic E-state index is 12.7. The predicted octanol–water partition coefficient (Wildman–Crippen LogP) is 3.89. The Labute approximate surface area is 121 Å². The van der Waals surface area contributed by atoms with Gasteiger partial charge >= 0.3 is 6.18 Å². The number of aromatic nitrogens is 2. The summed E-state index contributed by atoms with van der Waals surface area (Å²) < 4.78 is 38.0. The molecule has 0 radical (unpaired) electrons. The summed E-state index contributed by atoms with van der Waals surface area (Å²) in [5.74, 6) is 0.717. The molecule has 3 N–H and O–H groups in total. The molecule has 0 spiro atoms. The predicted molar refractivity (Wildman–Crippen MR) is 76.9 cm³/mol. The van der Waals surface area contributed by atoms with Gasteiger partial charge in [-0.1, -0.05) is 13.8 Å². The van der Waals surface area contributed by atoms with E-state index in [2.05, 4.69) is 23.8 Å². The van der Waals surface area contributed by atoms with Gasteiger partial charge in [-0.3, -0.25) is 0 Å². The maximum absolute atomic E-state index is 12.7. The standard InChI is InChI=1S/C15H20F3N3/c1-14(2,7-8-19)6-5-13-20-11-4-3-10(15(16,17)18)9-12(11)21-13/h3-4,9H,5-8,19H2,1-2H3,(H,20,21). The molecule has 0 amide bonds. The smallest absolute Gasteiger partial charge is 0.342 e. The molecule has 6 heteroatoms. The third-order valence-corrected chi connectivity index (χ3v) is 3.72. The number of H-pyrrole nitrogens is 1. The van der Waals surface area contributed by atoms with E-state index in [0.717, 1.165) is 30.8 Å². The number of fused-ring (bicyclic) bond motifs is 1. The number of halogens is 3. The average molecular weight is 299 g/mol. The molecule has 2 rings (SSSR count). The van der Waals surface area contributed by atoms with Crippen LogP contribution in [0.2, 0.25) is 0 Å². The van der Waals surface area contributed by atoms with Crippen LogP contribution in [0.1, 0.15) is 38.1 Å². The molecule has 21 heavy (non-hydrogen) atoms. The van der Waals surface area contributed by atoms with Gasteiger partial charge in [0.2, 0.25) is 0 Å². The van der Waals surface area contributed by atoms with Crippen LogP contribution in [0.15, 0.2) is 18.2 Å². The van der Waals surface area contributed by atoms with Crippen molar-refractivity contribution in [3.8, 4) is 0 Å². The van der Waals surface area contributed by atoms with Gasteiger partial charge in [-0.05, 0) is 43.0 Å². The number of nitrogens with two attached hydrogens (primary N) is 1. The number of nitrogens with one attached hydrogen (secondary N) is 1. The summed E-state index contributed by atoms with van der Waals surface area (Å²) in [5.41, 5.74) is 6.01. The summed E-state index contributed by atoms with van der Waals surface area (Å²) in [5, 5.41) is 0. The fourth-order valence-corrected chi connectivity index (χ4v) is 2.33. The van der Waals surface area contributed by atoms with Gasteiger partial charge in [-0.15, -0.1) is 0 Å². The summed E-state index contributed by atoms with van der Waals surface area (Å²) in [4.78, 5) is 7.33. The Kier molecular flexibility index (Phi) is 4.27. The van der Waals surface area contributed by atoms with Crippen molar-refractivity contribution in [2.24, 2.45) is 11.1 Å². The van der Waals surface area contributed by atoms with E-state index < -0.39 is 11.7 Å². The molecule has 3 nitrogen and oxygen atoms in total. The minimum absolute atomic E-state index is 0.102. The first kappa shape index (κ1) is 15.8. The molecule has 1 aromatic heterocycles. The van der Waals surface area contributed by atoms with Gasteiger partial charge in [0.25, 0.3) is 0 Å². The highest BCUT2D eigenvalue weighted by molar-refractivity contribution is 5.76. The highest BCUT2D eigenvalue weighted by Gasteiger charge is 2.30. The molecule has 0 atom stereocenters. The fourth-order valence-electron chi connectivity index (χ4n) is 2.33. The Morgan fingerprint density at radius 2 is 1.90 bits per heavy atom. The first-order valence-corrected chi connectivity index (χ1v) is 6.97. The molecular formula is C15H20F3N3. The number of rotatable bonds is 5. The molecule has 116 valence electrons. The first-order valence-electron chi connectivity index (χ1n) is 6.97. The van der Waals surface area contributed by atoms with E-state index in [9.17, 15) is 13.2 Å². The lowest BCUT2D eigenvalue weighted by molar-refractivity contribution is -0.137. The van der Waals surface area contributed by atoms with Gasteiger partial charge in [0.15, 0.2) is 0 Å². The number of hydrogen-bond donors (Lipinski definition) is 2. The summed E-state index contributed by atoms with van der Waals surface area (Å²) in [6.07, 6.45) is -1.84. The van der Waals surface area contributed by atoms with E-state index in [-0.39, 0.29) is 5.41 Å². The Morgan fingerprint density at radius 1 is 1.19 bits per heavy atom. The van der Waals surface area contributed by atoms with Crippen molar-refractivity contribution in [2.75, 3.05) is 6.54 Å². The molecule has 1 heterocycles. The van der Waals surface area contributed by atoms with E-state index in [1.807, 2.05) is 0 Å². The third-order valence-electron chi connectivity index (χ3n) is 3.72. The second kappa shape index (κ2) is 5.67. The van der Waals surface area contributed by atoms with E-state index in [1.165, 1.54) is 6.07 Å². The zero-order chi connectivity index (χ0) is 15.7. The second-order valence-electron chi connectivity index (χ2n) is 6.12. The molecule has 2 aromatic rings. The molecule has 0 bridgehead atoms. The zero-order valence-electron chi connectivity index (χ0n) is 12.2. The zero-order valence-corrected chi connectivity index (χ0v) is 12.2. The molecule has 0 saturated carbocycles. The molecular weight excluding hydrogens is 279 g/mol. The minimum Gasteiger partial charge on any atom is -0.342 e. The fraction of sp³-hybridized carbons (Fsp3) is 0.533. The van der Waals surface area contributed by atoms with E-state index in [4.69, 9.17) is 5.73 Å². The van der Waals surface area contributed by atoms with E-state index >= 15 is 0 Å². The first-order chi connectivity index (χ1) is 9.71. The molecule has 0 aliphatic rings. The molecule has 0 aliphatic carbocycles. The van der Waals surface area contributed by atoms with Crippen LogP contribution in [-0.2, 0) is 12.6 Å². The van der Waals surface area contributed by atoms with E-state index in [0.29, 0.717) is 24.0 Å². The number of hydrogen-bond acceptors (Lipinski definition) is 2. The molecule has 1 aromatic carbocycles. The topological polar surface area (TPSA) is 54.7 Å². The summed E-state index contributed by atoms with van der Waals surface area (Å²) in [6.45, 7) is 4.89. The lowest BCUT2D eigenvalue weighted by atomic mass is 9.84. The quantitative estimate of drug-likeness (QED) is 0.880. The number of aryl methyl sites for hydroxylation is 1. The van der Waals surface area contributed by atoms with Crippen LogP contribution in [0.5, 0.6) is 0 Å². The Morgan fingerprint density at radius 3 is 2.52 bits per heavy atom. The summed E-state index contributed by atoms with van der Waals surface area (Å²) in [6, 6.07) is 3.57. The van der Waals surface area contributed by atoms with Crippen molar-refractivity contribution in [1.82, 2.24) is 9.97 Å². The Hall–Kier alpha value is -1.56. The summed E-state index contributed by atoms with van der Waals surface area (Å²) in [7, 11) is 0. The van der Waals surface area contributed by atoms with Gasteiger partial charge in [0.05, 0.1) is 16.6 Å². The van der Waals surface area contributed by atoms with E-state index in [1.54, 1.807) is 0 Å². The van der Waals surface area contributed by atoms with Gasteiger partial charge in [0, 0.05) is 6.42 Å². The van der Waals surface area contributed by atoms with Crippen LogP contribution in [0.4, 0.5) is 13.2 Å². The molecule has 0 unspecified atom stereocenters. The van der Waals surface area contributed by atoms with Gasteiger partial charge in [-0.2, -0.15) is 13.2 Å². The van der Waals surface area contributed by atoms with Crippen molar-refractivity contribution in [1.29, 1.82) is 0 Å². The second-order valence-corrected chi connectivity index (χ2v) is 6.12. The van der Waals surface area contributed by atoms with Crippen molar-refractivity contribution >= 4 is 11.0 Å². The van der Waals surface area contributed by atoms with Crippen molar-refractivity contribution in [2.45, 2.75) is 39.3 Å². The molecule has 0 fully saturated rings. The average Bonchev–Trinajstić information content (AvgIpc) is 2.77. The van der Waals surface area contributed by atoms with Crippen LogP contribution in [0.25, 0.3) is 11.0 Å². The highest BCUT2D eigenvalue weighted by Crippen LogP contribution is 2.31. The highest BCUT2D eigenvalue weighted by atomic mass is 19.4. The number of benzene rings is 1. The largest absolute Gasteiger partial charge is 0.416 e. The normalized spacial score (nSPS) is 13.0. The lowest BCUT2D eigenvalue weighted by Gasteiger charge is -2.22. The van der Waals surface area contributed by atoms with Crippen LogP contribution in [-0.4, -0.2) is 16.5 Å². The van der Waals surface area contributed by atoms with Gasteiger partial charge in [-0.25, -0.2) is 4.98 Å². The Balaban J connectivity index is 2.16. The lowest BCUT2D eigenvalue weighted by Crippen LogP contribution is -2.18. The SMILES string of the molecule is CC(C)(CCN)CCc1nc2ccc(C(F)(F)F)cc2[nH]1. The third kappa shape index (κ3) is 3.97. The minimum atomic E-state index is -4.33. The van der Waals surface area contributed by atoms with Gasteiger partial charge in [0.1, 0.15) is 5.82 Å². The molecule has 0 saturated heterocycles. The van der Waals surface area contributed by atoms with Gasteiger partial charge < -0.3 is 10.7 Å². The maximum Gasteiger partial charge on any atom is 0.416 e. The monoisotopic (exact) mass is 299 g/mol. The summed E-state index contributed by atoms with van der Waals surface area (Å²) >= 11 is 0. The van der Waals surface area contributed by atoms with Crippen molar-refractivity contribution < 1.29 is 13.2 Å². The van der Waals surface area contributed by atoms with Crippen molar-refractivity contribution in [3.05, 3.63) is 29.6 Å². The van der Waals surface area contributed by atoms with Crippen LogP contribution < -0.4 is 5.73 Å².